The maximum Gasteiger partial charge on any atom is 0.416 e. The van der Waals surface area contributed by atoms with E-state index in [1.165, 1.54) is 18.9 Å². The van der Waals surface area contributed by atoms with Crippen molar-refractivity contribution in [3.63, 3.8) is 0 Å². The van der Waals surface area contributed by atoms with Crippen molar-refractivity contribution in [3.05, 3.63) is 75.3 Å². The van der Waals surface area contributed by atoms with Gasteiger partial charge in [0.25, 0.3) is 0 Å². The van der Waals surface area contributed by atoms with E-state index in [9.17, 15) is 35.9 Å². The number of nitrogens with zero attached hydrogens (tertiary/aromatic N) is 1. The average Bonchev–Trinajstić information content (AvgIpc) is 3.03. The van der Waals surface area contributed by atoms with Gasteiger partial charge >= 0.3 is 12.4 Å². The average molecular weight is 694 g/mol. The summed E-state index contributed by atoms with van der Waals surface area (Å²) in [5, 5.41) is 7.28. The topological polar surface area (TPSA) is 85.3 Å². The van der Waals surface area contributed by atoms with Crippen molar-refractivity contribution in [1.82, 2.24) is 4.90 Å². The van der Waals surface area contributed by atoms with E-state index < -0.39 is 35.6 Å². The van der Waals surface area contributed by atoms with Gasteiger partial charge in [-0.2, -0.15) is 26.3 Å². The molecule has 3 atom stereocenters. The fourth-order valence-electron chi connectivity index (χ4n) is 5.28. The number of aldehydes is 1. The number of aliphatic hydroxyl groups is 1. The molecule has 2 aromatic rings. The Morgan fingerprint density at radius 2 is 1.60 bits per heavy atom. The lowest BCUT2D eigenvalue weighted by molar-refractivity contribution is -0.143. The minimum atomic E-state index is -5.04. The predicted octanol–water partition coefficient (Wildman–Crippen LogP) is 7.94. The van der Waals surface area contributed by atoms with Crippen LogP contribution in [0, 0.1) is 5.92 Å². The summed E-state index contributed by atoms with van der Waals surface area (Å²) in [5.74, 6) is 0.424. The van der Waals surface area contributed by atoms with E-state index in [1.54, 1.807) is 12.1 Å². The van der Waals surface area contributed by atoms with Gasteiger partial charge in [-0.1, -0.05) is 29.3 Å². The van der Waals surface area contributed by atoms with E-state index >= 15 is 0 Å². The summed E-state index contributed by atoms with van der Waals surface area (Å²) in [4.78, 5) is 24.4. The largest absolute Gasteiger partial charge is 0.496 e. The molecular formula is C33H38ClF6NO6. The SMILES string of the molecule is CO.COc1cc(Cl)c(OCCCC=O)cc1C1=CC=C(C)CC1CN(C=O)C(C)C(OC)c1cc(C(F)(F)F)cc(C(F)(F)F)c1. The highest BCUT2D eigenvalue weighted by Gasteiger charge is 2.39. The second kappa shape index (κ2) is 17.6. The fraction of sp³-hybridized carbons (Fsp3) is 0.455. The van der Waals surface area contributed by atoms with E-state index in [1.807, 2.05) is 19.1 Å². The summed E-state index contributed by atoms with van der Waals surface area (Å²) in [7, 11) is 3.62. The minimum Gasteiger partial charge on any atom is -0.496 e. The molecule has 1 amide bonds. The van der Waals surface area contributed by atoms with Crippen LogP contribution in [0.5, 0.6) is 11.5 Å². The Labute approximate surface area is 274 Å². The highest BCUT2D eigenvalue weighted by molar-refractivity contribution is 6.32. The van der Waals surface area contributed by atoms with Gasteiger partial charge in [-0.25, -0.2) is 0 Å². The Morgan fingerprint density at radius 1 is 0.979 bits per heavy atom. The van der Waals surface area contributed by atoms with Crippen LogP contribution in [0.25, 0.3) is 5.57 Å². The quantitative estimate of drug-likeness (QED) is 0.123. The van der Waals surface area contributed by atoms with Gasteiger partial charge in [-0.15, -0.1) is 0 Å². The number of alkyl halides is 6. The van der Waals surface area contributed by atoms with Crippen molar-refractivity contribution in [2.24, 2.45) is 5.92 Å². The zero-order valence-corrected chi connectivity index (χ0v) is 27.3. The molecule has 0 saturated heterocycles. The lowest BCUT2D eigenvalue weighted by atomic mass is 9.82. The van der Waals surface area contributed by atoms with Gasteiger partial charge in [0.1, 0.15) is 23.9 Å². The normalized spacial score (nSPS) is 16.1. The number of halogens is 7. The first kappa shape index (κ1) is 39.6. The first-order valence-corrected chi connectivity index (χ1v) is 14.8. The third-order valence-corrected chi connectivity index (χ3v) is 7.86. The van der Waals surface area contributed by atoms with Crippen LogP contribution in [-0.2, 0) is 26.7 Å². The lowest BCUT2D eigenvalue weighted by Gasteiger charge is -2.36. The van der Waals surface area contributed by atoms with Crippen molar-refractivity contribution >= 4 is 29.9 Å². The molecule has 47 heavy (non-hydrogen) atoms. The Bertz CT molecular complexity index is 1390. The van der Waals surface area contributed by atoms with Gasteiger partial charge in [0.2, 0.25) is 6.41 Å². The van der Waals surface area contributed by atoms with Crippen LogP contribution in [0.2, 0.25) is 5.02 Å². The van der Waals surface area contributed by atoms with E-state index in [0.29, 0.717) is 54.9 Å². The highest BCUT2D eigenvalue weighted by atomic mass is 35.5. The van der Waals surface area contributed by atoms with E-state index in [0.717, 1.165) is 31.7 Å². The van der Waals surface area contributed by atoms with Gasteiger partial charge in [0.15, 0.2) is 0 Å². The summed E-state index contributed by atoms with van der Waals surface area (Å²) in [6.45, 7) is 3.69. The number of hydrogen-bond acceptors (Lipinski definition) is 6. The summed E-state index contributed by atoms with van der Waals surface area (Å²) < 4.78 is 98.2. The number of unbranched alkanes of at least 4 members (excludes halogenated alkanes) is 1. The highest BCUT2D eigenvalue weighted by Crippen LogP contribution is 2.43. The van der Waals surface area contributed by atoms with Gasteiger partial charge in [0, 0.05) is 44.7 Å². The number of carbonyl (C=O) groups is 2. The smallest absolute Gasteiger partial charge is 0.416 e. The molecule has 0 heterocycles. The van der Waals surface area contributed by atoms with Gasteiger partial charge in [0.05, 0.1) is 35.9 Å². The fourth-order valence-corrected chi connectivity index (χ4v) is 5.49. The molecule has 3 unspecified atom stereocenters. The molecule has 260 valence electrons. The maximum absolute atomic E-state index is 13.6. The van der Waals surface area contributed by atoms with Crippen LogP contribution in [-0.4, -0.2) is 63.2 Å². The Morgan fingerprint density at radius 3 is 2.11 bits per heavy atom. The standard InChI is InChI=1S/C32H34ClF6NO5.CH4O/c1-19-7-8-25(26-15-29(45-10-6-5-9-41)27(33)16-28(26)43-3)22(11-19)17-40(18-42)20(2)30(44-4)21-12-23(31(34,35)36)14-24(13-21)32(37,38)39;1-2/h7-9,12-16,18,20,22,30H,5-6,10-11,17H2,1-4H3;2H,1H3. The molecule has 7 nitrogen and oxygen atoms in total. The Balaban J connectivity index is 0.00000376. The number of ether oxygens (including phenoxy) is 3. The molecule has 1 aliphatic rings. The van der Waals surface area contributed by atoms with Crippen molar-refractivity contribution in [2.45, 2.75) is 57.6 Å². The molecule has 0 radical (unpaired) electrons. The number of methoxy groups -OCH3 is 2. The van der Waals surface area contributed by atoms with Crippen LogP contribution in [0.15, 0.2) is 48.1 Å². The Kier molecular flexibility index (Phi) is 14.8. The van der Waals surface area contributed by atoms with Crippen molar-refractivity contribution < 1.29 is 55.2 Å². The van der Waals surface area contributed by atoms with E-state index in [-0.39, 0.29) is 35.7 Å². The zero-order chi connectivity index (χ0) is 35.5. The summed E-state index contributed by atoms with van der Waals surface area (Å²) in [6.07, 6.45) is -5.06. The molecule has 1 aliphatic carbocycles. The number of hydrogen-bond donors (Lipinski definition) is 1. The number of aliphatic hydroxyl groups excluding tert-OH is 1. The zero-order valence-electron chi connectivity index (χ0n) is 26.5. The minimum absolute atomic E-state index is 0.0480. The predicted molar refractivity (Wildman–Crippen MR) is 165 cm³/mol. The monoisotopic (exact) mass is 693 g/mol. The number of carbonyl (C=O) groups excluding carboxylic acids is 2. The van der Waals surface area contributed by atoms with E-state index in [2.05, 4.69) is 0 Å². The van der Waals surface area contributed by atoms with Gasteiger partial charge < -0.3 is 29.0 Å². The van der Waals surface area contributed by atoms with Gasteiger partial charge in [-0.3, -0.25) is 4.79 Å². The molecule has 0 fully saturated rings. The molecule has 0 spiro atoms. The second-order valence-electron chi connectivity index (χ2n) is 10.7. The summed E-state index contributed by atoms with van der Waals surface area (Å²) >= 11 is 6.41. The van der Waals surface area contributed by atoms with Crippen molar-refractivity contribution in [3.8, 4) is 11.5 Å². The van der Waals surface area contributed by atoms with Crippen LogP contribution < -0.4 is 9.47 Å². The molecular weight excluding hydrogens is 656 g/mol. The van der Waals surface area contributed by atoms with Crippen LogP contribution >= 0.6 is 11.6 Å². The molecule has 0 saturated carbocycles. The number of allylic oxidation sites excluding steroid dienone is 3. The summed E-state index contributed by atoms with van der Waals surface area (Å²) in [6, 6.07) is 3.58. The number of rotatable bonds is 14. The van der Waals surface area contributed by atoms with E-state index in [4.69, 9.17) is 30.9 Å². The molecule has 0 aromatic heterocycles. The van der Waals surface area contributed by atoms with Crippen LogP contribution in [0.3, 0.4) is 0 Å². The lowest BCUT2D eigenvalue weighted by Crippen LogP contribution is -2.41. The second-order valence-corrected chi connectivity index (χ2v) is 11.1. The molecule has 0 aliphatic heterocycles. The number of amides is 1. The Hall–Kier alpha value is -3.55. The molecule has 14 heteroatoms. The molecule has 0 bridgehead atoms. The van der Waals surface area contributed by atoms with Crippen molar-refractivity contribution in [2.75, 3.05) is 34.5 Å². The third kappa shape index (κ3) is 10.5. The van der Waals surface area contributed by atoms with Crippen molar-refractivity contribution in [1.29, 1.82) is 0 Å². The third-order valence-electron chi connectivity index (χ3n) is 7.56. The van der Waals surface area contributed by atoms with Crippen LogP contribution in [0.4, 0.5) is 26.3 Å². The number of benzene rings is 2. The molecule has 1 N–H and O–H groups in total. The summed E-state index contributed by atoms with van der Waals surface area (Å²) in [5.41, 5.74) is -0.969. The first-order chi connectivity index (χ1) is 22.1. The molecule has 3 rings (SSSR count). The van der Waals surface area contributed by atoms with Crippen LogP contribution in [0.1, 0.15) is 61.5 Å². The molecule has 2 aromatic carbocycles. The maximum atomic E-state index is 13.6. The first-order valence-electron chi connectivity index (χ1n) is 14.4. The van der Waals surface area contributed by atoms with Gasteiger partial charge in [-0.05, 0) is 62.1 Å².